The Kier molecular flexibility index (Phi) is 17.1. The summed E-state index contributed by atoms with van der Waals surface area (Å²) in [5, 5.41) is 3.35. The summed E-state index contributed by atoms with van der Waals surface area (Å²) in [4.78, 5) is 0. The summed E-state index contributed by atoms with van der Waals surface area (Å²) in [5.41, 5.74) is 9.23. The minimum Gasteiger partial charge on any atom is -1.00 e. The fourth-order valence-electron chi connectivity index (χ4n) is 4.88. The van der Waals surface area contributed by atoms with Crippen LogP contribution in [0.4, 0.5) is 0 Å². The molecule has 0 heterocycles. The number of allylic oxidation sites excluding steroid dienone is 4. The average Bonchev–Trinajstić information content (AvgIpc) is 3.13. The Bertz CT molecular complexity index is 726. The van der Waals surface area contributed by atoms with Crippen molar-refractivity contribution in [3.05, 3.63) is 50.7 Å². The van der Waals surface area contributed by atoms with Gasteiger partial charge in [0.1, 0.15) is 0 Å². The largest absolute Gasteiger partial charge is 4.00 e. The van der Waals surface area contributed by atoms with Gasteiger partial charge < -0.3 is 37.2 Å². The SMILES string of the molecule is CCCC[Si](C)(C1=[C-]CC=C1C(C)CC)c1c(C)c(C)c(C)c(C)c1C.[Cl-].[Cl-].[Cl-].[Ti+4]. The van der Waals surface area contributed by atoms with Crippen molar-refractivity contribution in [2.75, 3.05) is 0 Å². The summed E-state index contributed by atoms with van der Waals surface area (Å²) in [6, 6.07) is 1.35. The summed E-state index contributed by atoms with van der Waals surface area (Å²) in [5.74, 6) is 0.654. The molecule has 0 saturated carbocycles. The topological polar surface area (TPSA) is 0 Å². The van der Waals surface area contributed by atoms with Crippen LogP contribution in [0.1, 0.15) is 74.3 Å². The molecule has 0 aromatic heterocycles. The maximum Gasteiger partial charge on any atom is 4.00 e. The van der Waals surface area contributed by atoms with Crippen LogP contribution in [0, 0.1) is 46.6 Å². The Hall–Kier alpha value is 0.501. The van der Waals surface area contributed by atoms with E-state index in [9.17, 15) is 0 Å². The summed E-state index contributed by atoms with van der Waals surface area (Å²) >= 11 is 0. The Morgan fingerprint density at radius 3 is 1.80 bits per heavy atom. The van der Waals surface area contributed by atoms with Gasteiger partial charge in [0.25, 0.3) is 0 Å². The van der Waals surface area contributed by atoms with Crippen LogP contribution in [0.5, 0.6) is 0 Å². The minimum absolute atomic E-state index is 0. The molecule has 2 rings (SSSR count). The van der Waals surface area contributed by atoms with Gasteiger partial charge in [0, 0.05) is 0 Å². The normalized spacial score (nSPS) is 15.4. The molecular weight excluding hydrogens is 483 g/mol. The summed E-state index contributed by atoms with van der Waals surface area (Å²) in [7, 11) is -1.79. The maximum absolute atomic E-state index is 3.86. The van der Waals surface area contributed by atoms with Crippen molar-refractivity contribution in [2.24, 2.45) is 5.92 Å². The van der Waals surface area contributed by atoms with E-state index in [1.807, 2.05) is 0 Å². The van der Waals surface area contributed by atoms with Crippen LogP contribution in [-0.2, 0) is 21.7 Å². The molecule has 2 atom stereocenters. The van der Waals surface area contributed by atoms with Crippen LogP contribution >= 0.6 is 0 Å². The van der Waals surface area contributed by atoms with Crippen LogP contribution in [0.25, 0.3) is 0 Å². The van der Waals surface area contributed by atoms with E-state index in [1.54, 1.807) is 27.1 Å². The third kappa shape index (κ3) is 6.52. The molecule has 168 valence electrons. The van der Waals surface area contributed by atoms with Gasteiger partial charge >= 0.3 is 21.7 Å². The van der Waals surface area contributed by atoms with Crippen LogP contribution in [-0.4, -0.2) is 8.07 Å². The molecule has 0 fully saturated rings. The fourth-order valence-corrected chi connectivity index (χ4v) is 10.2. The zero-order chi connectivity index (χ0) is 19.6. The quantitative estimate of drug-likeness (QED) is 0.287. The maximum atomic E-state index is 3.86. The smallest absolute Gasteiger partial charge is 1.00 e. The van der Waals surface area contributed by atoms with E-state index < -0.39 is 8.07 Å². The number of rotatable bonds is 7. The molecule has 0 N–H and O–H groups in total. The van der Waals surface area contributed by atoms with Gasteiger partial charge in [0.05, 0.1) is 8.07 Å². The van der Waals surface area contributed by atoms with Crippen molar-refractivity contribution in [1.29, 1.82) is 0 Å². The van der Waals surface area contributed by atoms with Crippen LogP contribution in [0.15, 0.2) is 16.8 Å². The Balaban J connectivity index is -0.00000182. The van der Waals surface area contributed by atoms with E-state index in [0.29, 0.717) is 5.92 Å². The molecule has 0 bridgehead atoms. The van der Waals surface area contributed by atoms with Crippen LogP contribution in [0.2, 0.25) is 12.6 Å². The van der Waals surface area contributed by atoms with Crippen LogP contribution < -0.4 is 42.4 Å². The van der Waals surface area contributed by atoms with Gasteiger partial charge in [0.15, 0.2) is 0 Å². The second-order valence-electron chi connectivity index (χ2n) is 8.66. The van der Waals surface area contributed by atoms with Crippen molar-refractivity contribution in [3.63, 3.8) is 0 Å². The molecule has 0 amide bonds. The van der Waals surface area contributed by atoms with E-state index in [2.05, 4.69) is 74.1 Å². The molecule has 30 heavy (non-hydrogen) atoms. The first-order valence-corrected chi connectivity index (χ1v) is 13.3. The van der Waals surface area contributed by atoms with Crippen molar-refractivity contribution in [3.8, 4) is 0 Å². The van der Waals surface area contributed by atoms with Gasteiger partial charge in [-0.25, -0.2) is 5.20 Å². The summed E-state index contributed by atoms with van der Waals surface area (Å²) < 4.78 is 0. The fraction of sp³-hybridized carbons (Fsp3) is 0.600. The van der Waals surface area contributed by atoms with Gasteiger partial charge in [-0.05, 0) is 62.4 Å². The van der Waals surface area contributed by atoms with Gasteiger partial charge in [-0.1, -0.05) is 63.7 Å². The number of halogens is 3. The number of benzene rings is 1. The summed E-state index contributed by atoms with van der Waals surface area (Å²) in [6.45, 7) is 21.4. The van der Waals surface area contributed by atoms with Gasteiger partial charge in [-0.3, -0.25) is 6.08 Å². The van der Waals surface area contributed by atoms with Gasteiger partial charge in [-0.2, -0.15) is 11.6 Å². The Labute approximate surface area is 221 Å². The van der Waals surface area contributed by atoms with Crippen molar-refractivity contribution >= 4 is 13.3 Å². The zero-order valence-corrected chi connectivity index (χ0v) is 25.2. The van der Waals surface area contributed by atoms with E-state index >= 15 is 0 Å². The van der Waals surface area contributed by atoms with E-state index in [4.69, 9.17) is 0 Å². The number of hydrogen-bond donors (Lipinski definition) is 0. The number of hydrogen-bond acceptors (Lipinski definition) is 0. The first-order valence-electron chi connectivity index (χ1n) is 10.6. The van der Waals surface area contributed by atoms with Crippen molar-refractivity contribution in [2.45, 2.75) is 93.7 Å². The van der Waals surface area contributed by atoms with Crippen molar-refractivity contribution in [1.82, 2.24) is 0 Å². The molecule has 5 heteroatoms. The standard InChI is InChI=1S/C25H39Si.3ClH.Ti/c1-10-12-16-26(9,24-15-13-14-23(24)17(3)11-2)25-21(7)19(5)18(4)20(6)22(25)8;;;;/h14,17H,10-13,16H2,1-9H3;3*1H;/q-1;;;;+4/p-3. The Morgan fingerprint density at radius 2 is 1.37 bits per heavy atom. The first-order chi connectivity index (χ1) is 12.2. The molecule has 0 nitrogen and oxygen atoms in total. The van der Waals surface area contributed by atoms with Gasteiger partial charge in [0.2, 0.25) is 0 Å². The number of unbranched alkanes of at least 4 members (excludes halogenated alkanes) is 1. The first kappa shape index (κ1) is 35.1. The predicted molar refractivity (Wildman–Crippen MR) is 120 cm³/mol. The molecule has 0 saturated heterocycles. The van der Waals surface area contributed by atoms with E-state index in [0.717, 1.165) is 6.42 Å². The predicted octanol–water partition coefficient (Wildman–Crippen LogP) is -2.03. The second kappa shape index (κ2) is 14.6. The molecular formula is C25H39Cl3SiTi. The monoisotopic (exact) mass is 520 g/mol. The zero-order valence-electron chi connectivity index (χ0n) is 20.3. The van der Waals surface area contributed by atoms with Gasteiger partial charge in [-0.15, -0.1) is 6.42 Å². The molecule has 0 spiro atoms. The van der Waals surface area contributed by atoms with Crippen LogP contribution in [0.3, 0.4) is 0 Å². The molecule has 1 aromatic rings. The summed E-state index contributed by atoms with van der Waals surface area (Å²) in [6.07, 6.45) is 11.2. The third-order valence-electron chi connectivity index (χ3n) is 7.17. The molecule has 1 aliphatic rings. The second-order valence-corrected chi connectivity index (χ2v) is 12.8. The third-order valence-corrected chi connectivity index (χ3v) is 11.9. The van der Waals surface area contributed by atoms with Crippen molar-refractivity contribution < 1.29 is 58.9 Å². The molecule has 0 aliphatic heterocycles. The molecule has 1 aliphatic carbocycles. The van der Waals surface area contributed by atoms with E-state index in [1.165, 1.54) is 42.0 Å². The average molecular weight is 522 g/mol. The molecule has 0 radical (unpaired) electrons. The molecule has 2 unspecified atom stereocenters. The molecule has 1 aromatic carbocycles. The minimum atomic E-state index is -1.79. The Morgan fingerprint density at radius 1 is 0.900 bits per heavy atom. The van der Waals surface area contributed by atoms with E-state index in [-0.39, 0.29) is 58.9 Å².